The molecular formula is C12H20N2O5. The van der Waals surface area contributed by atoms with E-state index in [9.17, 15) is 14.4 Å². The van der Waals surface area contributed by atoms with Gasteiger partial charge in [0, 0.05) is 13.0 Å². The SMILES string of the molecule is CCOC1CC(CC(=O)N[C@H](CC(N)=O)C(=O)O)C1. The van der Waals surface area contributed by atoms with Gasteiger partial charge < -0.3 is 20.9 Å². The molecule has 1 saturated carbocycles. The minimum atomic E-state index is -1.26. The summed E-state index contributed by atoms with van der Waals surface area (Å²) in [4.78, 5) is 33.2. The van der Waals surface area contributed by atoms with Gasteiger partial charge in [-0.15, -0.1) is 0 Å². The van der Waals surface area contributed by atoms with Gasteiger partial charge in [0.15, 0.2) is 0 Å². The lowest BCUT2D eigenvalue weighted by Gasteiger charge is -2.34. The number of nitrogens with two attached hydrogens (primary N) is 1. The molecule has 4 N–H and O–H groups in total. The van der Waals surface area contributed by atoms with Gasteiger partial charge in [-0.2, -0.15) is 0 Å². The van der Waals surface area contributed by atoms with Crippen LogP contribution in [0.3, 0.4) is 0 Å². The van der Waals surface area contributed by atoms with Crippen LogP contribution in [-0.4, -0.2) is 41.6 Å². The minimum Gasteiger partial charge on any atom is -0.480 e. The van der Waals surface area contributed by atoms with Crippen LogP contribution in [0, 0.1) is 5.92 Å². The fraction of sp³-hybridized carbons (Fsp3) is 0.750. The van der Waals surface area contributed by atoms with Crippen molar-refractivity contribution >= 4 is 17.8 Å². The third-order valence-corrected chi connectivity index (χ3v) is 3.11. The average Bonchev–Trinajstić information content (AvgIpc) is 2.24. The molecule has 1 atom stereocenters. The summed E-state index contributed by atoms with van der Waals surface area (Å²) in [6, 6.07) is -1.24. The summed E-state index contributed by atoms with van der Waals surface area (Å²) in [5, 5.41) is 11.2. The molecule has 0 aromatic rings. The summed E-state index contributed by atoms with van der Waals surface area (Å²) < 4.78 is 5.37. The molecule has 0 aromatic heterocycles. The van der Waals surface area contributed by atoms with Crippen molar-refractivity contribution in [3.63, 3.8) is 0 Å². The molecular weight excluding hydrogens is 252 g/mol. The van der Waals surface area contributed by atoms with E-state index >= 15 is 0 Å². The Morgan fingerprint density at radius 1 is 1.42 bits per heavy atom. The number of hydrogen-bond donors (Lipinski definition) is 3. The number of ether oxygens (including phenoxy) is 1. The van der Waals surface area contributed by atoms with E-state index in [2.05, 4.69) is 5.32 Å². The highest BCUT2D eigenvalue weighted by Gasteiger charge is 2.32. The van der Waals surface area contributed by atoms with Crippen LogP contribution in [0.5, 0.6) is 0 Å². The van der Waals surface area contributed by atoms with Gasteiger partial charge in [-0.3, -0.25) is 9.59 Å². The average molecular weight is 272 g/mol. The molecule has 0 spiro atoms. The second kappa shape index (κ2) is 7.08. The van der Waals surface area contributed by atoms with Crippen LogP contribution >= 0.6 is 0 Å². The number of aliphatic carboxylic acids is 1. The van der Waals surface area contributed by atoms with E-state index < -0.39 is 24.3 Å². The lowest BCUT2D eigenvalue weighted by Crippen LogP contribution is -2.45. The maximum atomic E-state index is 11.6. The first-order valence-electron chi connectivity index (χ1n) is 6.34. The van der Waals surface area contributed by atoms with Crippen molar-refractivity contribution in [2.45, 2.75) is 44.8 Å². The number of carboxylic acids is 1. The van der Waals surface area contributed by atoms with Crippen LogP contribution in [0.15, 0.2) is 0 Å². The predicted molar refractivity (Wildman–Crippen MR) is 66.1 cm³/mol. The van der Waals surface area contributed by atoms with Gasteiger partial charge in [-0.1, -0.05) is 0 Å². The summed E-state index contributed by atoms with van der Waals surface area (Å²) in [6.45, 7) is 2.57. The molecule has 19 heavy (non-hydrogen) atoms. The number of nitrogens with one attached hydrogen (secondary N) is 1. The Labute approximate surface area is 111 Å². The molecule has 0 aliphatic heterocycles. The Kier molecular flexibility index (Phi) is 5.75. The van der Waals surface area contributed by atoms with E-state index in [4.69, 9.17) is 15.6 Å². The van der Waals surface area contributed by atoms with Crippen molar-refractivity contribution in [1.82, 2.24) is 5.32 Å². The Morgan fingerprint density at radius 2 is 2.05 bits per heavy atom. The maximum Gasteiger partial charge on any atom is 0.326 e. The number of rotatable bonds is 8. The van der Waals surface area contributed by atoms with Gasteiger partial charge in [-0.05, 0) is 25.7 Å². The number of carbonyl (C=O) groups excluding carboxylic acids is 2. The van der Waals surface area contributed by atoms with Gasteiger partial charge in [-0.25, -0.2) is 4.79 Å². The Morgan fingerprint density at radius 3 is 2.53 bits per heavy atom. The van der Waals surface area contributed by atoms with Crippen molar-refractivity contribution in [2.24, 2.45) is 11.7 Å². The molecule has 0 bridgehead atoms. The van der Waals surface area contributed by atoms with Crippen LogP contribution in [0.25, 0.3) is 0 Å². The number of amides is 2. The lowest BCUT2D eigenvalue weighted by molar-refractivity contribution is -0.143. The van der Waals surface area contributed by atoms with E-state index in [0.29, 0.717) is 6.61 Å². The molecule has 2 amide bonds. The Balaban J connectivity index is 2.30. The highest BCUT2D eigenvalue weighted by molar-refractivity contribution is 5.88. The van der Waals surface area contributed by atoms with Gasteiger partial charge in [0.1, 0.15) is 6.04 Å². The van der Waals surface area contributed by atoms with Crippen LogP contribution in [0.2, 0.25) is 0 Å². The quantitative estimate of drug-likeness (QED) is 0.557. The Hall–Kier alpha value is -1.63. The molecule has 1 aliphatic carbocycles. The van der Waals surface area contributed by atoms with Crippen LogP contribution < -0.4 is 11.1 Å². The standard InChI is InChI=1S/C12H20N2O5/c1-2-19-8-3-7(4-8)5-11(16)14-9(12(17)18)6-10(13)15/h7-9H,2-6H2,1H3,(H2,13,15)(H,14,16)(H,17,18)/t7?,8?,9-/m1/s1. The normalized spacial score (nSPS) is 23.2. The van der Waals surface area contributed by atoms with E-state index in [1.165, 1.54) is 0 Å². The molecule has 1 aliphatic rings. The van der Waals surface area contributed by atoms with E-state index in [-0.39, 0.29) is 24.3 Å². The van der Waals surface area contributed by atoms with Gasteiger partial charge in [0.2, 0.25) is 11.8 Å². The maximum absolute atomic E-state index is 11.6. The highest BCUT2D eigenvalue weighted by atomic mass is 16.5. The second-order valence-corrected chi connectivity index (χ2v) is 4.75. The van der Waals surface area contributed by atoms with Crippen molar-refractivity contribution in [3.05, 3.63) is 0 Å². The Bertz CT molecular complexity index is 352. The van der Waals surface area contributed by atoms with E-state index in [0.717, 1.165) is 12.8 Å². The molecule has 0 radical (unpaired) electrons. The molecule has 0 aromatic carbocycles. The molecule has 1 rings (SSSR count). The minimum absolute atomic E-state index is 0.212. The van der Waals surface area contributed by atoms with Crippen molar-refractivity contribution in [2.75, 3.05) is 6.61 Å². The summed E-state index contributed by atoms with van der Waals surface area (Å²) in [6.07, 6.45) is 1.70. The van der Waals surface area contributed by atoms with Crippen LogP contribution in [-0.2, 0) is 19.1 Å². The first kappa shape index (κ1) is 15.4. The third-order valence-electron chi connectivity index (χ3n) is 3.11. The topological polar surface area (TPSA) is 119 Å². The number of carbonyl (C=O) groups is 3. The molecule has 0 heterocycles. The van der Waals surface area contributed by atoms with E-state index in [1.54, 1.807) is 0 Å². The number of carboxylic acid groups (broad SMARTS) is 1. The highest BCUT2D eigenvalue weighted by Crippen LogP contribution is 2.32. The summed E-state index contributed by atoms with van der Waals surface area (Å²) in [7, 11) is 0. The molecule has 0 saturated heterocycles. The van der Waals surface area contributed by atoms with Gasteiger partial charge >= 0.3 is 5.97 Å². The fourth-order valence-corrected chi connectivity index (χ4v) is 2.13. The zero-order valence-corrected chi connectivity index (χ0v) is 10.9. The number of hydrogen-bond acceptors (Lipinski definition) is 4. The van der Waals surface area contributed by atoms with Gasteiger partial charge in [0.25, 0.3) is 0 Å². The first-order chi connectivity index (χ1) is 8.92. The summed E-state index contributed by atoms with van der Waals surface area (Å²) in [5.41, 5.74) is 4.93. The van der Waals surface area contributed by atoms with Crippen molar-refractivity contribution in [1.29, 1.82) is 0 Å². The molecule has 7 nitrogen and oxygen atoms in total. The van der Waals surface area contributed by atoms with Gasteiger partial charge in [0.05, 0.1) is 12.5 Å². The molecule has 1 fully saturated rings. The zero-order valence-electron chi connectivity index (χ0n) is 10.9. The second-order valence-electron chi connectivity index (χ2n) is 4.75. The summed E-state index contributed by atoms with van der Waals surface area (Å²) >= 11 is 0. The predicted octanol–water partition coefficient (Wildman–Crippen LogP) is -0.364. The fourth-order valence-electron chi connectivity index (χ4n) is 2.13. The van der Waals surface area contributed by atoms with Crippen molar-refractivity contribution < 1.29 is 24.2 Å². The summed E-state index contributed by atoms with van der Waals surface area (Å²) in [5.74, 6) is -2.16. The van der Waals surface area contributed by atoms with Crippen molar-refractivity contribution in [3.8, 4) is 0 Å². The number of primary amides is 1. The van der Waals surface area contributed by atoms with Crippen LogP contribution in [0.4, 0.5) is 0 Å². The third kappa shape index (κ3) is 5.25. The van der Waals surface area contributed by atoms with Crippen LogP contribution in [0.1, 0.15) is 32.6 Å². The zero-order chi connectivity index (χ0) is 14.4. The first-order valence-corrected chi connectivity index (χ1v) is 6.34. The lowest BCUT2D eigenvalue weighted by atomic mass is 9.80. The molecule has 7 heteroatoms. The largest absolute Gasteiger partial charge is 0.480 e. The monoisotopic (exact) mass is 272 g/mol. The van der Waals surface area contributed by atoms with E-state index in [1.807, 2.05) is 6.92 Å². The molecule has 108 valence electrons. The smallest absolute Gasteiger partial charge is 0.326 e. The molecule has 0 unspecified atom stereocenters.